The third-order valence-corrected chi connectivity index (χ3v) is 12.3. The SMILES string of the molecule is c1ccc(N(c2ccccc2)c2ccc(-c3ccc4c5c6sc7ccccc7c6ccc5n(-c5cccc(N(c6ccccc6)c6ccccc6)c5)c4c3)cc2)cc1. The molecule has 9 aromatic carbocycles. The molecule has 0 atom stereocenters. The first-order valence-electron chi connectivity index (χ1n) is 19.7. The second-order valence-corrected chi connectivity index (χ2v) is 15.6. The minimum absolute atomic E-state index is 1.10. The first kappa shape index (κ1) is 33.9. The van der Waals surface area contributed by atoms with Crippen LogP contribution in [0.5, 0.6) is 0 Å². The van der Waals surface area contributed by atoms with E-state index in [2.05, 4.69) is 239 Å². The molecule has 0 saturated heterocycles. The predicted molar refractivity (Wildman–Crippen MR) is 248 cm³/mol. The van der Waals surface area contributed by atoms with E-state index in [-0.39, 0.29) is 0 Å². The largest absolute Gasteiger partial charge is 0.311 e. The Balaban J connectivity index is 1.10. The van der Waals surface area contributed by atoms with Crippen molar-refractivity contribution in [3.8, 4) is 16.8 Å². The van der Waals surface area contributed by atoms with Crippen LogP contribution in [0, 0.1) is 0 Å². The number of nitrogens with zero attached hydrogens (tertiary/aromatic N) is 3. The van der Waals surface area contributed by atoms with Crippen molar-refractivity contribution in [2.45, 2.75) is 0 Å². The minimum atomic E-state index is 1.10. The van der Waals surface area contributed by atoms with Gasteiger partial charge < -0.3 is 14.4 Å². The molecular formula is C54H37N3S. The van der Waals surface area contributed by atoms with Crippen molar-refractivity contribution in [3.05, 3.63) is 224 Å². The van der Waals surface area contributed by atoms with Gasteiger partial charge in [-0.1, -0.05) is 127 Å². The van der Waals surface area contributed by atoms with E-state index >= 15 is 0 Å². The van der Waals surface area contributed by atoms with Gasteiger partial charge in [-0.2, -0.15) is 0 Å². The van der Waals surface area contributed by atoms with Crippen LogP contribution in [0.15, 0.2) is 224 Å². The molecule has 0 N–H and O–H groups in total. The molecular weight excluding hydrogens is 723 g/mol. The lowest BCUT2D eigenvalue weighted by Gasteiger charge is -2.26. The molecule has 4 heteroatoms. The molecule has 11 rings (SSSR count). The van der Waals surface area contributed by atoms with Gasteiger partial charge in [0, 0.05) is 70.8 Å². The van der Waals surface area contributed by atoms with Crippen LogP contribution < -0.4 is 9.80 Å². The molecule has 0 amide bonds. The third kappa shape index (κ3) is 5.82. The van der Waals surface area contributed by atoms with E-state index in [0.717, 1.165) is 39.8 Å². The molecule has 0 saturated carbocycles. The summed E-state index contributed by atoms with van der Waals surface area (Å²) in [5.41, 5.74) is 12.5. The average Bonchev–Trinajstić information content (AvgIpc) is 3.84. The van der Waals surface area contributed by atoms with E-state index in [9.17, 15) is 0 Å². The van der Waals surface area contributed by atoms with Crippen LogP contribution in [0.25, 0.3) is 58.8 Å². The van der Waals surface area contributed by atoms with E-state index < -0.39 is 0 Å². The van der Waals surface area contributed by atoms with Crippen LogP contribution in [0.2, 0.25) is 0 Å². The second kappa shape index (κ2) is 14.3. The Bertz CT molecular complexity index is 3130. The zero-order valence-electron chi connectivity index (χ0n) is 31.6. The smallest absolute Gasteiger partial charge is 0.0555 e. The summed E-state index contributed by atoms with van der Waals surface area (Å²) in [6.45, 7) is 0. The van der Waals surface area contributed by atoms with Gasteiger partial charge in [0.05, 0.1) is 11.0 Å². The van der Waals surface area contributed by atoms with Crippen LogP contribution >= 0.6 is 11.3 Å². The summed E-state index contributed by atoms with van der Waals surface area (Å²) in [6.07, 6.45) is 0. The molecule has 3 nitrogen and oxygen atoms in total. The molecule has 11 aromatic rings. The Morgan fingerprint density at radius 2 is 0.828 bits per heavy atom. The lowest BCUT2D eigenvalue weighted by Crippen LogP contribution is -2.10. The zero-order chi connectivity index (χ0) is 38.4. The van der Waals surface area contributed by atoms with Crippen molar-refractivity contribution < 1.29 is 0 Å². The second-order valence-electron chi connectivity index (χ2n) is 14.6. The number of aromatic nitrogens is 1. The van der Waals surface area contributed by atoms with E-state index in [4.69, 9.17) is 0 Å². The lowest BCUT2D eigenvalue weighted by molar-refractivity contribution is 1.17. The van der Waals surface area contributed by atoms with Crippen LogP contribution in [-0.2, 0) is 0 Å². The standard InChI is InChI=1S/C54H37N3S/c1-5-16-40(17-6-1)55(41-18-7-2-8-19-41)44-31-28-38(29-32-44)39-30-33-49-51(36-39)57(50-35-34-48-47-26-13-14-27-52(47)58-54(48)53(49)50)46-25-15-24-45(37-46)56(42-20-9-3-10-21-42)43-22-11-4-12-23-43/h1-37H. The molecule has 0 spiro atoms. The summed E-state index contributed by atoms with van der Waals surface area (Å²) in [5.74, 6) is 0. The fourth-order valence-electron chi connectivity index (χ4n) is 8.52. The topological polar surface area (TPSA) is 11.4 Å². The van der Waals surface area contributed by atoms with E-state index in [1.54, 1.807) is 0 Å². The van der Waals surface area contributed by atoms with Crippen LogP contribution in [-0.4, -0.2) is 4.57 Å². The molecule has 0 aliphatic heterocycles. The number of hydrogen-bond donors (Lipinski definition) is 0. The molecule has 0 unspecified atom stereocenters. The van der Waals surface area contributed by atoms with Crippen molar-refractivity contribution in [3.63, 3.8) is 0 Å². The molecule has 2 aromatic heterocycles. The van der Waals surface area contributed by atoms with Crippen molar-refractivity contribution in [2.24, 2.45) is 0 Å². The number of fused-ring (bicyclic) bond motifs is 7. The highest BCUT2D eigenvalue weighted by atomic mass is 32.1. The quantitative estimate of drug-likeness (QED) is 0.153. The van der Waals surface area contributed by atoms with Gasteiger partial charge in [-0.05, 0) is 108 Å². The number of hydrogen-bond acceptors (Lipinski definition) is 3. The molecule has 274 valence electrons. The molecule has 58 heavy (non-hydrogen) atoms. The number of rotatable bonds is 8. The van der Waals surface area contributed by atoms with Gasteiger partial charge in [0.1, 0.15) is 0 Å². The lowest BCUT2D eigenvalue weighted by atomic mass is 10.0. The molecule has 0 fully saturated rings. The Morgan fingerprint density at radius 3 is 1.45 bits per heavy atom. The van der Waals surface area contributed by atoms with Crippen molar-refractivity contribution >= 4 is 87.4 Å². The molecule has 0 aliphatic carbocycles. The monoisotopic (exact) mass is 759 g/mol. The van der Waals surface area contributed by atoms with E-state index in [0.29, 0.717) is 0 Å². The maximum atomic E-state index is 2.47. The number of anilines is 6. The summed E-state index contributed by atoms with van der Waals surface area (Å²) < 4.78 is 5.11. The highest BCUT2D eigenvalue weighted by molar-refractivity contribution is 7.26. The van der Waals surface area contributed by atoms with Gasteiger partial charge in [0.25, 0.3) is 0 Å². The van der Waals surface area contributed by atoms with Gasteiger partial charge in [0.15, 0.2) is 0 Å². The Morgan fingerprint density at radius 1 is 0.328 bits per heavy atom. The number of para-hydroxylation sites is 4. The van der Waals surface area contributed by atoms with E-state index in [1.807, 2.05) is 11.3 Å². The van der Waals surface area contributed by atoms with Crippen molar-refractivity contribution in [1.82, 2.24) is 4.57 Å². The maximum absolute atomic E-state index is 2.47. The fraction of sp³-hybridized carbons (Fsp3) is 0. The normalized spacial score (nSPS) is 11.4. The first-order valence-corrected chi connectivity index (χ1v) is 20.5. The summed E-state index contributed by atoms with van der Waals surface area (Å²) in [5, 5.41) is 5.16. The van der Waals surface area contributed by atoms with Gasteiger partial charge in [-0.25, -0.2) is 0 Å². The summed E-state index contributed by atoms with van der Waals surface area (Å²) >= 11 is 1.89. The Kier molecular flexibility index (Phi) is 8.34. The van der Waals surface area contributed by atoms with Crippen LogP contribution in [0.3, 0.4) is 0 Å². The summed E-state index contributed by atoms with van der Waals surface area (Å²) in [7, 11) is 0. The van der Waals surface area contributed by atoms with Gasteiger partial charge in [-0.15, -0.1) is 11.3 Å². The summed E-state index contributed by atoms with van der Waals surface area (Å²) in [4.78, 5) is 4.64. The van der Waals surface area contributed by atoms with Gasteiger partial charge >= 0.3 is 0 Å². The maximum Gasteiger partial charge on any atom is 0.0555 e. The number of thiophene rings is 1. The van der Waals surface area contributed by atoms with Crippen LogP contribution in [0.4, 0.5) is 34.1 Å². The van der Waals surface area contributed by atoms with Crippen LogP contribution in [0.1, 0.15) is 0 Å². The minimum Gasteiger partial charge on any atom is -0.311 e. The van der Waals surface area contributed by atoms with Crippen molar-refractivity contribution in [1.29, 1.82) is 0 Å². The molecule has 0 aliphatic rings. The highest BCUT2D eigenvalue weighted by Crippen LogP contribution is 2.45. The van der Waals surface area contributed by atoms with Crippen molar-refractivity contribution in [2.75, 3.05) is 9.80 Å². The van der Waals surface area contributed by atoms with E-state index in [1.165, 1.54) is 53.1 Å². The van der Waals surface area contributed by atoms with Gasteiger partial charge in [-0.3, -0.25) is 0 Å². The Labute approximate surface area is 341 Å². The summed E-state index contributed by atoms with van der Waals surface area (Å²) in [6, 6.07) is 80.8. The molecule has 2 heterocycles. The average molecular weight is 760 g/mol. The Hall–Kier alpha value is -7.40. The third-order valence-electron chi connectivity index (χ3n) is 11.1. The molecule has 0 bridgehead atoms. The first-order chi connectivity index (χ1) is 28.8. The zero-order valence-corrected chi connectivity index (χ0v) is 32.4. The molecule has 0 radical (unpaired) electrons. The number of benzene rings is 9. The van der Waals surface area contributed by atoms with Gasteiger partial charge in [0.2, 0.25) is 0 Å². The highest BCUT2D eigenvalue weighted by Gasteiger charge is 2.20. The fourth-order valence-corrected chi connectivity index (χ4v) is 9.78. The predicted octanol–water partition coefficient (Wildman–Crippen LogP) is 15.8.